The highest BCUT2D eigenvalue weighted by Gasteiger charge is 2.36. The summed E-state index contributed by atoms with van der Waals surface area (Å²) in [6.07, 6.45) is 8.52. The van der Waals surface area contributed by atoms with Crippen LogP contribution in [0, 0.1) is 0 Å². The van der Waals surface area contributed by atoms with E-state index >= 15 is 0 Å². The van der Waals surface area contributed by atoms with Crippen LogP contribution in [0.2, 0.25) is 0 Å². The second kappa shape index (κ2) is 5.68. The molecule has 0 amide bonds. The van der Waals surface area contributed by atoms with Crippen LogP contribution in [-0.4, -0.2) is 61.2 Å². The lowest BCUT2D eigenvalue weighted by Gasteiger charge is -2.28. The molecule has 0 spiro atoms. The quantitative estimate of drug-likeness (QED) is 0.795. The Hall–Kier alpha value is -0.120. The SMILES string of the molecule is C1CCN(CCNC2CCN3CCCC23)CC1. The predicted octanol–water partition coefficient (Wildman–Crippen LogP) is 1.30. The first kappa shape index (κ1) is 11.9. The molecule has 3 fully saturated rings. The number of fused-ring (bicyclic) bond motifs is 1. The van der Waals surface area contributed by atoms with Crippen molar-refractivity contribution in [1.82, 2.24) is 15.1 Å². The number of rotatable bonds is 4. The zero-order valence-electron chi connectivity index (χ0n) is 11.0. The van der Waals surface area contributed by atoms with Crippen molar-refractivity contribution in [2.45, 2.75) is 50.6 Å². The molecule has 0 aromatic heterocycles. The van der Waals surface area contributed by atoms with E-state index in [0.717, 1.165) is 12.1 Å². The lowest BCUT2D eigenvalue weighted by molar-refractivity contribution is 0.222. The van der Waals surface area contributed by atoms with Crippen molar-refractivity contribution in [2.24, 2.45) is 0 Å². The topological polar surface area (TPSA) is 18.5 Å². The smallest absolute Gasteiger partial charge is 0.0250 e. The van der Waals surface area contributed by atoms with Gasteiger partial charge < -0.3 is 10.2 Å². The van der Waals surface area contributed by atoms with Crippen molar-refractivity contribution in [3.05, 3.63) is 0 Å². The van der Waals surface area contributed by atoms with Crippen LogP contribution in [0.1, 0.15) is 38.5 Å². The number of hydrogen-bond donors (Lipinski definition) is 1. The van der Waals surface area contributed by atoms with Gasteiger partial charge >= 0.3 is 0 Å². The van der Waals surface area contributed by atoms with E-state index in [0.29, 0.717) is 0 Å². The molecule has 0 aromatic carbocycles. The Morgan fingerprint density at radius 2 is 1.76 bits per heavy atom. The summed E-state index contributed by atoms with van der Waals surface area (Å²) in [4.78, 5) is 5.33. The molecule has 2 unspecified atom stereocenters. The Morgan fingerprint density at radius 3 is 2.65 bits per heavy atom. The van der Waals surface area contributed by atoms with Gasteiger partial charge in [0.1, 0.15) is 0 Å². The highest BCUT2D eigenvalue weighted by atomic mass is 15.2. The number of likely N-dealkylation sites (tertiary alicyclic amines) is 1. The van der Waals surface area contributed by atoms with E-state index in [9.17, 15) is 0 Å². The molecule has 0 saturated carbocycles. The standard InChI is InChI=1S/C14H27N3/c1-2-8-16(9-3-1)12-7-15-13-6-11-17-10-4-5-14(13)17/h13-15H,1-12H2. The highest BCUT2D eigenvalue weighted by Crippen LogP contribution is 2.27. The van der Waals surface area contributed by atoms with Crippen LogP contribution in [0.15, 0.2) is 0 Å². The Kier molecular flexibility index (Phi) is 3.99. The molecule has 0 radical (unpaired) electrons. The summed E-state index contributed by atoms with van der Waals surface area (Å²) in [7, 11) is 0. The van der Waals surface area contributed by atoms with Crippen LogP contribution in [0.25, 0.3) is 0 Å². The molecule has 3 saturated heterocycles. The zero-order chi connectivity index (χ0) is 11.5. The molecule has 2 atom stereocenters. The van der Waals surface area contributed by atoms with Gasteiger partial charge in [0.2, 0.25) is 0 Å². The summed E-state index contributed by atoms with van der Waals surface area (Å²) in [6, 6.07) is 1.67. The van der Waals surface area contributed by atoms with Crippen LogP contribution < -0.4 is 5.32 Å². The molecule has 3 rings (SSSR count). The third-order valence-electron chi connectivity index (χ3n) is 4.89. The van der Waals surface area contributed by atoms with E-state index in [2.05, 4.69) is 15.1 Å². The van der Waals surface area contributed by atoms with Gasteiger partial charge in [0.15, 0.2) is 0 Å². The predicted molar refractivity (Wildman–Crippen MR) is 71.3 cm³/mol. The van der Waals surface area contributed by atoms with Gasteiger partial charge in [0.25, 0.3) is 0 Å². The Balaban J connectivity index is 1.36. The maximum atomic E-state index is 3.82. The largest absolute Gasteiger partial charge is 0.311 e. The summed E-state index contributed by atoms with van der Waals surface area (Å²) in [5, 5.41) is 3.82. The average Bonchev–Trinajstić information content (AvgIpc) is 2.95. The van der Waals surface area contributed by atoms with Crippen molar-refractivity contribution >= 4 is 0 Å². The van der Waals surface area contributed by atoms with E-state index in [-0.39, 0.29) is 0 Å². The lowest BCUT2D eigenvalue weighted by Crippen LogP contribution is -2.43. The van der Waals surface area contributed by atoms with Crippen LogP contribution in [0.5, 0.6) is 0 Å². The minimum absolute atomic E-state index is 0.794. The van der Waals surface area contributed by atoms with Crippen molar-refractivity contribution in [1.29, 1.82) is 0 Å². The first-order valence-corrected chi connectivity index (χ1v) is 7.63. The van der Waals surface area contributed by atoms with Gasteiger partial charge in [-0.3, -0.25) is 4.90 Å². The normalized spacial score (nSPS) is 35.3. The van der Waals surface area contributed by atoms with Gasteiger partial charge in [-0.1, -0.05) is 6.42 Å². The van der Waals surface area contributed by atoms with E-state index in [1.54, 1.807) is 0 Å². The first-order valence-electron chi connectivity index (χ1n) is 7.63. The molecule has 0 aromatic rings. The van der Waals surface area contributed by atoms with Crippen LogP contribution in [0.3, 0.4) is 0 Å². The highest BCUT2D eigenvalue weighted by molar-refractivity contribution is 4.95. The number of nitrogens with zero attached hydrogens (tertiary/aromatic N) is 2. The second-order valence-corrected chi connectivity index (χ2v) is 6.00. The van der Waals surface area contributed by atoms with Gasteiger partial charge in [0.05, 0.1) is 0 Å². The first-order chi connectivity index (χ1) is 8.43. The fourth-order valence-electron chi connectivity index (χ4n) is 3.91. The van der Waals surface area contributed by atoms with Gasteiger partial charge in [-0.15, -0.1) is 0 Å². The van der Waals surface area contributed by atoms with Crippen molar-refractivity contribution in [3.8, 4) is 0 Å². The molecule has 1 N–H and O–H groups in total. The van der Waals surface area contributed by atoms with Gasteiger partial charge in [-0.2, -0.15) is 0 Å². The molecule has 17 heavy (non-hydrogen) atoms. The second-order valence-electron chi connectivity index (χ2n) is 6.00. The third kappa shape index (κ3) is 2.83. The average molecular weight is 237 g/mol. The fraction of sp³-hybridized carbons (Fsp3) is 1.00. The van der Waals surface area contributed by atoms with Crippen molar-refractivity contribution in [3.63, 3.8) is 0 Å². The van der Waals surface area contributed by atoms with Gasteiger partial charge in [-0.05, 0) is 51.7 Å². The minimum Gasteiger partial charge on any atom is -0.311 e. The molecule has 3 aliphatic heterocycles. The monoisotopic (exact) mass is 237 g/mol. The van der Waals surface area contributed by atoms with E-state index in [1.807, 2.05) is 0 Å². The van der Waals surface area contributed by atoms with Crippen LogP contribution >= 0.6 is 0 Å². The number of nitrogens with one attached hydrogen (secondary N) is 1. The third-order valence-corrected chi connectivity index (χ3v) is 4.89. The molecule has 3 heteroatoms. The van der Waals surface area contributed by atoms with E-state index < -0.39 is 0 Å². The minimum atomic E-state index is 0.794. The Morgan fingerprint density at radius 1 is 0.882 bits per heavy atom. The van der Waals surface area contributed by atoms with Gasteiger partial charge in [0, 0.05) is 31.7 Å². The summed E-state index contributed by atoms with van der Waals surface area (Å²) in [6.45, 7) is 7.84. The lowest BCUT2D eigenvalue weighted by atomic mass is 10.1. The molecule has 3 nitrogen and oxygen atoms in total. The van der Waals surface area contributed by atoms with Gasteiger partial charge in [-0.25, -0.2) is 0 Å². The number of hydrogen-bond acceptors (Lipinski definition) is 3. The van der Waals surface area contributed by atoms with E-state index in [1.165, 1.54) is 77.8 Å². The Labute approximate surface area is 106 Å². The summed E-state index contributed by atoms with van der Waals surface area (Å²) in [5.74, 6) is 0. The molecular weight excluding hydrogens is 210 g/mol. The maximum absolute atomic E-state index is 3.82. The maximum Gasteiger partial charge on any atom is 0.0250 e. The molecular formula is C14H27N3. The van der Waals surface area contributed by atoms with Crippen LogP contribution in [0.4, 0.5) is 0 Å². The summed E-state index contributed by atoms with van der Waals surface area (Å²) >= 11 is 0. The molecule has 3 aliphatic rings. The molecule has 0 bridgehead atoms. The van der Waals surface area contributed by atoms with E-state index in [4.69, 9.17) is 0 Å². The van der Waals surface area contributed by atoms with Crippen molar-refractivity contribution < 1.29 is 0 Å². The fourth-order valence-corrected chi connectivity index (χ4v) is 3.91. The summed E-state index contributed by atoms with van der Waals surface area (Å²) < 4.78 is 0. The molecule has 3 heterocycles. The molecule has 0 aliphatic carbocycles. The van der Waals surface area contributed by atoms with Crippen molar-refractivity contribution in [2.75, 3.05) is 39.3 Å². The zero-order valence-corrected chi connectivity index (χ0v) is 11.0. The summed E-state index contributed by atoms with van der Waals surface area (Å²) in [5.41, 5.74) is 0. The number of piperidine rings is 1. The molecule has 98 valence electrons. The van der Waals surface area contributed by atoms with Crippen LogP contribution in [-0.2, 0) is 0 Å². The Bertz CT molecular complexity index is 238.